The predicted octanol–water partition coefficient (Wildman–Crippen LogP) is 3.33. The Morgan fingerprint density at radius 2 is 1.43 bits per heavy atom. The van der Waals surface area contributed by atoms with Crippen LogP contribution in [-0.4, -0.2) is 22.6 Å². The van der Waals surface area contributed by atoms with Gasteiger partial charge in [-0.25, -0.2) is 4.79 Å². The Kier molecular flexibility index (Phi) is 5.41. The Labute approximate surface area is 134 Å². The Hall–Kier alpha value is -2.75. The SMILES string of the molecule is CC(=O)CCc1ccc(CC(=O)c2ccccc2C(=O)O)cc1. The van der Waals surface area contributed by atoms with Gasteiger partial charge in [0.1, 0.15) is 5.78 Å². The molecule has 0 radical (unpaired) electrons. The van der Waals surface area contributed by atoms with Crippen molar-refractivity contribution < 1.29 is 19.5 Å². The van der Waals surface area contributed by atoms with Crippen molar-refractivity contribution >= 4 is 17.5 Å². The molecule has 0 unspecified atom stereocenters. The Balaban J connectivity index is 2.09. The second kappa shape index (κ2) is 7.49. The first kappa shape index (κ1) is 16.6. The van der Waals surface area contributed by atoms with E-state index >= 15 is 0 Å². The molecule has 0 saturated heterocycles. The van der Waals surface area contributed by atoms with E-state index < -0.39 is 5.97 Å². The van der Waals surface area contributed by atoms with Crippen molar-refractivity contribution in [3.63, 3.8) is 0 Å². The molecule has 4 heteroatoms. The quantitative estimate of drug-likeness (QED) is 0.796. The molecule has 1 N–H and O–H groups in total. The van der Waals surface area contributed by atoms with Gasteiger partial charge in [-0.15, -0.1) is 0 Å². The summed E-state index contributed by atoms with van der Waals surface area (Å²) in [5.74, 6) is -1.18. The molecule has 0 aliphatic rings. The van der Waals surface area contributed by atoms with Crippen LogP contribution in [0.1, 0.15) is 45.2 Å². The molecule has 0 amide bonds. The highest BCUT2D eigenvalue weighted by atomic mass is 16.4. The molecule has 0 heterocycles. The lowest BCUT2D eigenvalue weighted by Crippen LogP contribution is -2.10. The maximum Gasteiger partial charge on any atom is 0.336 e. The first-order valence-corrected chi connectivity index (χ1v) is 7.40. The second-order valence-corrected chi connectivity index (χ2v) is 5.47. The van der Waals surface area contributed by atoms with Gasteiger partial charge in [0.2, 0.25) is 0 Å². The number of Topliss-reactive ketones (excluding diaryl/α,β-unsaturated/α-hetero) is 2. The fourth-order valence-electron chi connectivity index (χ4n) is 2.34. The van der Waals surface area contributed by atoms with Crippen molar-refractivity contribution in [3.05, 3.63) is 70.8 Å². The highest BCUT2D eigenvalue weighted by Gasteiger charge is 2.15. The third kappa shape index (κ3) is 4.61. The third-order valence-electron chi connectivity index (χ3n) is 3.61. The minimum Gasteiger partial charge on any atom is -0.478 e. The van der Waals surface area contributed by atoms with Crippen molar-refractivity contribution in [3.8, 4) is 0 Å². The van der Waals surface area contributed by atoms with Gasteiger partial charge in [0, 0.05) is 18.4 Å². The summed E-state index contributed by atoms with van der Waals surface area (Å²) in [7, 11) is 0. The van der Waals surface area contributed by atoms with Crippen LogP contribution < -0.4 is 0 Å². The molecular formula is C19H18O4. The number of carbonyl (C=O) groups excluding carboxylic acids is 2. The lowest BCUT2D eigenvalue weighted by molar-refractivity contribution is -0.116. The molecule has 2 rings (SSSR count). The monoisotopic (exact) mass is 310 g/mol. The summed E-state index contributed by atoms with van der Waals surface area (Å²) in [6, 6.07) is 13.7. The first-order valence-electron chi connectivity index (χ1n) is 7.40. The Bertz CT molecular complexity index is 729. The fourth-order valence-corrected chi connectivity index (χ4v) is 2.34. The number of benzene rings is 2. The molecule has 2 aromatic carbocycles. The molecule has 23 heavy (non-hydrogen) atoms. The van der Waals surface area contributed by atoms with Crippen LogP contribution in [-0.2, 0) is 17.6 Å². The van der Waals surface area contributed by atoms with Gasteiger partial charge in [-0.1, -0.05) is 42.5 Å². The van der Waals surface area contributed by atoms with Crippen molar-refractivity contribution in [1.29, 1.82) is 0 Å². The van der Waals surface area contributed by atoms with E-state index in [9.17, 15) is 14.4 Å². The number of ketones is 2. The molecule has 2 aromatic rings. The van der Waals surface area contributed by atoms with Crippen LogP contribution in [0.2, 0.25) is 0 Å². The molecule has 0 atom stereocenters. The van der Waals surface area contributed by atoms with Crippen LogP contribution >= 0.6 is 0 Å². The maximum absolute atomic E-state index is 12.3. The average Bonchev–Trinajstić information content (AvgIpc) is 2.54. The number of hydrogen-bond acceptors (Lipinski definition) is 3. The van der Waals surface area contributed by atoms with Crippen molar-refractivity contribution in [1.82, 2.24) is 0 Å². The zero-order valence-electron chi connectivity index (χ0n) is 12.9. The molecule has 0 bridgehead atoms. The van der Waals surface area contributed by atoms with Crippen molar-refractivity contribution in [2.45, 2.75) is 26.2 Å². The van der Waals surface area contributed by atoms with Gasteiger partial charge in [0.15, 0.2) is 5.78 Å². The Morgan fingerprint density at radius 1 is 0.870 bits per heavy atom. The predicted molar refractivity (Wildman–Crippen MR) is 86.9 cm³/mol. The minimum absolute atomic E-state index is 0.0237. The zero-order chi connectivity index (χ0) is 16.8. The number of hydrogen-bond donors (Lipinski definition) is 1. The van der Waals surface area contributed by atoms with E-state index in [2.05, 4.69) is 0 Å². The molecule has 0 aliphatic heterocycles. The highest BCUT2D eigenvalue weighted by molar-refractivity contribution is 6.06. The molecule has 4 nitrogen and oxygen atoms in total. The number of aromatic carboxylic acids is 1. The molecule has 0 fully saturated rings. The molecule has 0 aliphatic carbocycles. The number of rotatable bonds is 7. The van der Waals surface area contributed by atoms with Crippen LogP contribution in [0.15, 0.2) is 48.5 Å². The lowest BCUT2D eigenvalue weighted by Gasteiger charge is -2.06. The van der Waals surface area contributed by atoms with Crippen molar-refractivity contribution in [2.75, 3.05) is 0 Å². The third-order valence-corrected chi connectivity index (χ3v) is 3.61. The molecule has 0 spiro atoms. The Morgan fingerprint density at radius 3 is 2.00 bits per heavy atom. The summed E-state index contributed by atoms with van der Waals surface area (Å²) in [4.78, 5) is 34.5. The van der Waals surface area contributed by atoms with Crippen LogP contribution in [0.5, 0.6) is 0 Å². The van der Waals surface area contributed by atoms with Gasteiger partial charge in [-0.2, -0.15) is 0 Å². The van der Waals surface area contributed by atoms with E-state index in [1.54, 1.807) is 19.1 Å². The zero-order valence-corrected chi connectivity index (χ0v) is 12.9. The van der Waals surface area contributed by atoms with Gasteiger partial charge in [0.25, 0.3) is 0 Å². The normalized spacial score (nSPS) is 10.3. The molecule has 0 aromatic heterocycles. The smallest absolute Gasteiger partial charge is 0.336 e. The highest BCUT2D eigenvalue weighted by Crippen LogP contribution is 2.14. The van der Waals surface area contributed by atoms with Gasteiger partial charge in [-0.05, 0) is 30.5 Å². The summed E-state index contributed by atoms with van der Waals surface area (Å²) >= 11 is 0. The fraction of sp³-hybridized carbons (Fsp3) is 0.211. The summed E-state index contributed by atoms with van der Waals surface area (Å²) in [5, 5.41) is 9.14. The van der Waals surface area contributed by atoms with E-state index in [0.29, 0.717) is 12.8 Å². The number of carbonyl (C=O) groups is 3. The number of carboxylic acid groups (broad SMARTS) is 1. The van der Waals surface area contributed by atoms with E-state index in [1.165, 1.54) is 12.1 Å². The van der Waals surface area contributed by atoms with Gasteiger partial charge in [-0.3, -0.25) is 4.79 Å². The summed E-state index contributed by atoms with van der Waals surface area (Å²) in [6.45, 7) is 1.56. The van der Waals surface area contributed by atoms with E-state index in [4.69, 9.17) is 5.11 Å². The van der Waals surface area contributed by atoms with E-state index in [0.717, 1.165) is 11.1 Å². The van der Waals surface area contributed by atoms with Crippen LogP contribution in [0, 0.1) is 0 Å². The average molecular weight is 310 g/mol. The van der Waals surface area contributed by atoms with Crippen LogP contribution in [0.4, 0.5) is 0 Å². The van der Waals surface area contributed by atoms with Gasteiger partial charge < -0.3 is 9.90 Å². The molecule has 118 valence electrons. The summed E-state index contributed by atoms with van der Waals surface area (Å²) in [5.41, 5.74) is 2.11. The number of carboxylic acids is 1. The minimum atomic E-state index is -1.10. The molecular weight excluding hydrogens is 292 g/mol. The first-order chi connectivity index (χ1) is 11.0. The molecule has 0 saturated carbocycles. The largest absolute Gasteiger partial charge is 0.478 e. The van der Waals surface area contributed by atoms with Crippen LogP contribution in [0.3, 0.4) is 0 Å². The topological polar surface area (TPSA) is 71.4 Å². The lowest BCUT2D eigenvalue weighted by atomic mass is 9.97. The van der Waals surface area contributed by atoms with Gasteiger partial charge >= 0.3 is 5.97 Å². The van der Waals surface area contributed by atoms with E-state index in [1.807, 2.05) is 24.3 Å². The van der Waals surface area contributed by atoms with Gasteiger partial charge in [0.05, 0.1) is 5.56 Å². The standard InChI is InChI=1S/C19H18O4/c1-13(20)6-7-14-8-10-15(11-9-14)12-18(21)16-4-2-3-5-17(16)19(22)23/h2-5,8-11H,6-7,12H2,1H3,(H,22,23). The van der Waals surface area contributed by atoms with Crippen molar-refractivity contribution in [2.24, 2.45) is 0 Å². The van der Waals surface area contributed by atoms with Crippen LogP contribution in [0.25, 0.3) is 0 Å². The summed E-state index contributed by atoms with van der Waals surface area (Å²) in [6.07, 6.45) is 1.34. The maximum atomic E-state index is 12.3. The summed E-state index contributed by atoms with van der Waals surface area (Å²) < 4.78 is 0. The number of aryl methyl sites for hydroxylation is 1. The van der Waals surface area contributed by atoms with E-state index in [-0.39, 0.29) is 29.1 Å². The second-order valence-electron chi connectivity index (χ2n) is 5.47.